The van der Waals surface area contributed by atoms with E-state index in [0.717, 1.165) is 31.6 Å². The summed E-state index contributed by atoms with van der Waals surface area (Å²) in [5.74, 6) is 0.852. The van der Waals surface area contributed by atoms with Gasteiger partial charge in [0.2, 0.25) is 0 Å². The molecule has 0 radical (unpaired) electrons. The molecule has 0 saturated heterocycles. The Balaban J connectivity index is 1.87. The van der Waals surface area contributed by atoms with Crippen molar-refractivity contribution in [1.82, 2.24) is 5.32 Å². The summed E-state index contributed by atoms with van der Waals surface area (Å²) in [5, 5.41) is 13.2. The molecule has 2 N–H and O–H groups in total. The number of hydrogen-bond donors (Lipinski definition) is 2. The first-order valence-electron chi connectivity index (χ1n) is 7.13. The summed E-state index contributed by atoms with van der Waals surface area (Å²) in [6.07, 6.45) is 2.53. The van der Waals surface area contributed by atoms with Crippen molar-refractivity contribution >= 4 is 0 Å². The summed E-state index contributed by atoms with van der Waals surface area (Å²) in [7, 11) is 0. The number of nitrogens with one attached hydrogen (secondary N) is 1. The molecule has 3 nitrogen and oxygen atoms in total. The normalized spacial score (nSPS) is 23.6. The predicted molar refractivity (Wildman–Crippen MR) is 77.3 cm³/mol. The van der Waals surface area contributed by atoms with Gasteiger partial charge in [-0.15, -0.1) is 0 Å². The Labute approximate surface area is 116 Å². The van der Waals surface area contributed by atoms with E-state index in [1.165, 1.54) is 5.56 Å². The summed E-state index contributed by atoms with van der Waals surface area (Å²) >= 11 is 0. The fourth-order valence-electron chi connectivity index (χ4n) is 2.27. The molecule has 0 spiro atoms. The average molecular weight is 263 g/mol. The summed E-state index contributed by atoms with van der Waals surface area (Å²) in [4.78, 5) is 0. The fourth-order valence-corrected chi connectivity index (χ4v) is 2.27. The Morgan fingerprint density at radius 2 is 1.89 bits per heavy atom. The zero-order chi connectivity index (χ0) is 13.9. The van der Waals surface area contributed by atoms with Gasteiger partial charge in [0.05, 0.1) is 6.10 Å². The number of rotatable bonds is 4. The lowest BCUT2D eigenvalue weighted by Gasteiger charge is -2.21. The first-order valence-corrected chi connectivity index (χ1v) is 7.13. The maximum absolute atomic E-state index is 9.74. The van der Waals surface area contributed by atoms with Crippen LogP contribution in [-0.4, -0.2) is 22.9 Å². The van der Waals surface area contributed by atoms with E-state index in [2.05, 4.69) is 38.2 Å². The highest BCUT2D eigenvalue weighted by Gasteiger charge is 2.26. The fraction of sp³-hybridized carbons (Fsp3) is 0.625. The van der Waals surface area contributed by atoms with Crippen molar-refractivity contribution in [2.75, 3.05) is 0 Å². The van der Waals surface area contributed by atoms with E-state index in [0.29, 0.717) is 0 Å². The number of aliphatic hydroxyl groups excluding tert-OH is 1. The zero-order valence-corrected chi connectivity index (χ0v) is 12.1. The van der Waals surface area contributed by atoms with Crippen LogP contribution in [0.2, 0.25) is 0 Å². The Bertz CT molecular complexity index is 394. The van der Waals surface area contributed by atoms with Gasteiger partial charge in [0.1, 0.15) is 11.9 Å². The van der Waals surface area contributed by atoms with Gasteiger partial charge in [-0.05, 0) is 57.7 Å². The molecule has 0 heterocycles. The van der Waals surface area contributed by atoms with Gasteiger partial charge in [-0.2, -0.15) is 0 Å². The van der Waals surface area contributed by atoms with Gasteiger partial charge in [-0.3, -0.25) is 0 Å². The molecule has 19 heavy (non-hydrogen) atoms. The molecule has 3 heteroatoms. The SMILES string of the molecule is CC(C)(C)NCc1ccc(OC2CCCC2O)cc1. The molecule has 1 fully saturated rings. The van der Waals surface area contributed by atoms with E-state index in [9.17, 15) is 5.11 Å². The molecule has 1 aromatic rings. The summed E-state index contributed by atoms with van der Waals surface area (Å²) in [5.41, 5.74) is 1.37. The molecule has 1 aliphatic rings. The molecule has 0 bridgehead atoms. The molecule has 1 aliphatic carbocycles. The van der Waals surface area contributed by atoms with Crippen LogP contribution in [0.5, 0.6) is 5.75 Å². The van der Waals surface area contributed by atoms with Crippen molar-refractivity contribution in [2.45, 2.75) is 64.3 Å². The van der Waals surface area contributed by atoms with Gasteiger partial charge in [0.25, 0.3) is 0 Å². The minimum absolute atomic E-state index is 0.0291. The number of ether oxygens (including phenoxy) is 1. The summed E-state index contributed by atoms with van der Waals surface area (Å²) in [6, 6.07) is 8.14. The predicted octanol–water partition coefficient (Wildman–Crippen LogP) is 2.87. The highest BCUT2D eigenvalue weighted by Crippen LogP contribution is 2.24. The molecule has 106 valence electrons. The molecule has 1 aromatic carbocycles. The van der Waals surface area contributed by atoms with Gasteiger partial charge in [-0.1, -0.05) is 12.1 Å². The summed E-state index contributed by atoms with van der Waals surface area (Å²) in [6.45, 7) is 7.33. The van der Waals surface area contributed by atoms with Crippen molar-refractivity contribution in [1.29, 1.82) is 0 Å². The second-order valence-electron chi connectivity index (χ2n) is 6.40. The van der Waals surface area contributed by atoms with Crippen molar-refractivity contribution in [2.24, 2.45) is 0 Å². The molecule has 2 unspecified atom stereocenters. The smallest absolute Gasteiger partial charge is 0.124 e. The molecule has 0 aromatic heterocycles. The van der Waals surface area contributed by atoms with Crippen LogP contribution in [0.4, 0.5) is 0 Å². The molecule has 1 saturated carbocycles. The first-order chi connectivity index (χ1) is 8.94. The third-order valence-electron chi connectivity index (χ3n) is 3.45. The molecule has 0 aliphatic heterocycles. The maximum atomic E-state index is 9.74. The van der Waals surface area contributed by atoms with E-state index in [4.69, 9.17) is 4.74 Å². The van der Waals surface area contributed by atoms with E-state index < -0.39 is 0 Å². The lowest BCUT2D eigenvalue weighted by atomic mass is 10.1. The lowest BCUT2D eigenvalue weighted by Crippen LogP contribution is -2.35. The zero-order valence-electron chi connectivity index (χ0n) is 12.1. The van der Waals surface area contributed by atoms with Crippen molar-refractivity contribution in [3.8, 4) is 5.75 Å². The Hall–Kier alpha value is -1.06. The van der Waals surface area contributed by atoms with Crippen LogP contribution in [0.25, 0.3) is 0 Å². The van der Waals surface area contributed by atoms with Crippen LogP contribution in [0, 0.1) is 0 Å². The van der Waals surface area contributed by atoms with Gasteiger partial charge in [-0.25, -0.2) is 0 Å². The molecular weight excluding hydrogens is 238 g/mol. The van der Waals surface area contributed by atoms with Crippen LogP contribution >= 0.6 is 0 Å². The Kier molecular flexibility index (Phi) is 4.48. The Morgan fingerprint density at radius 3 is 2.42 bits per heavy atom. The quantitative estimate of drug-likeness (QED) is 0.877. The largest absolute Gasteiger partial charge is 0.488 e. The second kappa shape index (κ2) is 5.93. The number of aliphatic hydroxyl groups is 1. The summed E-state index contributed by atoms with van der Waals surface area (Å²) < 4.78 is 5.82. The van der Waals surface area contributed by atoms with Crippen molar-refractivity contribution in [3.05, 3.63) is 29.8 Å². The Morgan fingerprint density at radius 1 is 1.21 bits per heavy atom. The first kappa shape index (κ1) is 14.4. The van der Waals surface area contributed by atoms with Gasteiger partial charge >= 0.3 is 0 Å². The molecule has 0 amide bonds. The highest BCUT2D eigenvalue weighted by atomic mass is 16.5. The average Bonchev–Trinajstić information content (AvgIpc) is 2.73. The second-order valence-corrected chi connectivity index (χ2v) is 6.40. The number of benzene rings is 1. The monoisotopic (exact) mass is 263 g/mol. The molecular formula is C16H25NO2. The van der Waals surface area contributed by atoms with Crippen LogP contribution in [0.15, 0.2) is 24.3 Å². The van der Waals surface area contributed by atoms with E-state index in [-0.39, 0.29) is 17.7 Å². The van der Waals surface area contributed by atoms with E-state index in [1.54, 1.807) is 0 Å². The highest BCUT2D eigenvalue weighted by molar-refractivity contribution is 5.27. The van der Waals surface area contributed by atoms with Gasteiger partial charge in [0.15, 0.2) is 0 Å². The van der Waals surface area contributed by atoms with Crippen LogP contribution in [0.3, 0.4) is 0 Å². The molecule has 2 atom stereocenters. The van der Waals surface area contributed by atoms with Crippen LogP contribution in [0.1, 0.15) is 45.6 Å². The number of hydrogen-bond acceptors (Lipinski definition) is 3. The third kappa shape index (κ3) is 4.51. The van der Waals surface area contributed by atoms with Crippen molar-refractivity contribution in [3.63, 3.8) is 0 Å². The minimum atomic E-state index is -0.303. The topological polar surface area (TPSA) is 41.5 Å². The van der Waals surface area contributed by atoms with Gasteiger partial charge < -0.3 is 15.2 Å². The molecule has 2 rings (SSSR count). The van der Waals surface area contributed by atoms with Crippen LogP contribution < -0.4 is 10.1 Å². The third-order valence-corrected chi connectivity index (χ3v) is 3.45. The van der Waals surface area contributed by atoms with Gasteiger partial charge in [0, 0.05) is 12.1 Å². The lowest BCUT2D eigenvalue weighted by molar-refractivity contribution is 0.0604. The van der Waals surface area contributed by atoms with Crippen LogP contribution in [-0.2, 0) is 6.54 Å². The minimum Gasteiger partial charge on any atom is -0.488 e. The van der Waals surface area contributed by atoms with E-state index in [1.807, 2.05) is 12.1 Å². The van der Waals surface area contributed by atoms with E-state index >= 15 is 0 Å². The van der Waals surface area contributed by atoms with Crippen molar-refractivity contribution < 1.29 is 9.84 Å². The standard InChI is InChI=1S/C16H25NO2/c1-16(2,3)17-11-12-7-9-13(10-8-12)19-15-6-4-5-14(15)18/h7-10,14-15,17-18H,4-6,11H2,1-3H3. The maximum Gasteiger partial charge on any atom is 0.124 e.